The lowest BCUT2D eigenvalue weighted by Crippen LogP contribution is -2.00. The summed E-state index contributed by atoms with van der Waals surface area (Å²) in [7, 11) is 0. The third-order valence-electron chi connectivity index (χ3n) is 10.2. The van der Waals surface area contributed by atoms with Crippen LogP contribution in [0.3, 0.4) is 0 Å². The lowest BCUT2D eigenvalue weighted by molar-refractivity contribution is 1.04. The largest absolute Gasteiger partial charge is 0.289 e. The van der Waals surface area contributed by atoms with E-state index in [0.29, 0.717) is 5.82 Å². The molecule has 2 heterocycles. The van der Waals surface area contributed by atoms with Crippen LogP contribution in [0.4, 0.5) is 0 Å². The Morgan fingerprint density at radius 2 is 0.959 bits per heavy atom. The summed E-state index contributed by atoms with van der Waals surface area (Å²) in [6.45, 7) is 0. The number of benzene rings is 8. The predicted molar refractivity (Wildman–Crippen MR) is 204 cm³/mol. The van der Waals surface area contributed by atoms with Gasteiger partial charge in [0.25, 0.3) is 0 Å². The van der Waals surface area contributed by atoms with Crippen LogP contribution in [-0.4, -0.2) is 19.5 Å². The van der Waals surface area contributed by atoms with Gasteiger partial charge in [-0.25, -0.2) is 15.0 Å². The molecular formula is C45H26N4. The van der Waals surface area contributed by atoms with Crippen molar-refractivity contribution in [3.63, 3.8) is 0 Å². The van der Waals surface area contributed by atoms with Crippen LogP contribution in [0, 0.1) is 0 Å². The van der Waals surface area contributed by atoms with Crippen LogP contribution in [0.2, 0.25) is 0 Å². The zero-order valence-electron chi connectivity index (χ0n) is 26.3. The average Bonchev–Trinajstić information content (AvgIpc) is 3.56. The van der Waals surface area contributed by atoms with E-state index in [0.717, 1.165) is 33.7 Å². The molecule has 0 unspecified atom stereocenters. The summed E-state index contributed by atoms with van der Waals surface area (Å²) in [5.41, 5.74) is 4.85. The number of fused-ring (bicyclic) bond motifs is 3. The second kappa shape index (κ2) is 9.93. The Labute approximate surface area is 280 Å². The molecular weight excluding hydrogens is 597 g/mol. The van der Waals surface area contributed by atoms with Crippen molar-refractivity contribution in [2.45, 2.75) is 0 Å². The summed E-state index contributed by atoms with van der Waals surface area (Å²) in [6, 6.07) is 52.2. The fraction of sp³-hybridized carbons (Fsp3) is 0. The predicted octanol–water partition coefficient (Wildman–Crippen LogP) is 11.5. The highest BCUT2D eigenvalue weighted by atomic mass is 15.1. The summed E-state index contributed by atoms with van der Waals surface area (Å²) in [6.07, 6.45) is 3.85. The van der Waals surface area contributed by atoms with Gasteiger partial charge in [-0.15, -0.1) is 0 Å². The Morgan fingerprint density at radius 3 is 1.61 bits per heavy atom. The van der Waals surface area contributed by atoms with Gasteiger partial charge < -0.3 is 0 Å². The maximum Gasteiger partial charge on any atom is 0.159 e. The first kappa shape index (κ1) is 26.4. The van der Waals surface area contributed by atoms with E-state index in [4.69, 9.17) is 15.0 Å². The molecule has 4 nitrogen and oxygen atoms in total. The van der Waals surface area contributed by atoms with E-state index in [1.807, 2.05) is 48.8 Å². The average molecular weight is 623 g/mol. The topological polar surface area (TPSA) is 43.6 Å². The Morgan fingerprint density at radius 1 is 0.408 bits per heavy atom. The quantitative estimate of drug-likeness (QED) is 0.184. The van der Waals surface area contributed by atoms with Crippen LogP contribution in [-0.2, 0) is 0 Å². The molecule has 9 aromatic carbocycles. The number of aromatic nitrogens is 4. The highest BCUT2D eigenvalue weighted by Gasteiger charge is 2.18. The van der Waals surface area contributed by atoms with Crippen molar-refractivity contribution in [2.24, 2.45) is 0 Å². The third kappa shape index (κ3) is 3.77. The van der Waals surface area contributed by atoms with E-state index in [1.54, 1.807) is 0 Å². The second-order valence-corrected chi connectivity index (χ2v) is 12.9. The number of imidazole rings is 1. The molecule has 0 aliphatic heterocycles. The summed E-state index contributed by atoms with van der Waals surface area (Å²) in [5.74, 6) is 1.56. The van der Waals surface area contributed by atoms with E-state index in [2.05, 4.69) is 114 Å². The summed E-state index contributed by atoms with van der Waals surface area (Å²) < 4.78 is 2.15. The number of hydrogen-bond donors (Lipinski definition) is 0. The number of para-hydroxylation sites is 2. The minimum Gasteiger partial charge on any atom is -0.289 e. The van der Waals surface area contributed by atoms with Gasteiger partial charge in [-0.05, 0) is 88.9 Å². The van der Waals surface area contributed by atoms with Crippen molar-refractivity contribution in [2.75, 3.05) is 0 Å². The van der Waals surface area contributed by atoms with Crippen LogP contribution in [0.5, 0.6) is 0 Å². The second-order valence-electron chi connectivity index (χ2n) is 12.9. The molecule has 0 amide bonds. The highest BCUT2D eigenvalue weighted by Crippen LogP contribution is 2.44. The van der Waals surface area contributed by atoms with Crippen molar-refractivity contribution >= 4 is 75.7 Å². The standard InChI is InChI=1S/C45H26N4/c1-2-9-30(10-3-1)45-48-38-17-4-5-18-39(38)49(45)33-25-46-44(47-26-33)32-23-31-22-21-29-12-7-15-35-34-14-6-11-27-19-20-28-13-8-16-36(42(28)40(27)34)37(24-32)43(31)41(29)35/h1-26H. The number of hydrogen-bond acceptors (Lipinski definition) is 3. The van der Waals surface area contributed by atoms with Gasteiger partial charge in [-0.2, -0.15) is 0 Å². The molecule has 2 aromatic heterocycles. The Balaban J connectivity index is 1.20. The SMILES string of the molecule is c1ccc(-c2nc3ccccc3n2-c2cnc(-c3cc4ccc5cccc6c7cccc8ccc9cccc(c(c3)c4c56)c9c87)nc2)cc1. The molecule has 0 fully saturated rings. The minimum absolute atomic E-state index is 0.689. The molecule has 0 saturated heterocycles. The monoisotopic (exact) mass is 622 g/mol. The van der Waals surface area contributed by atoms with Gasteiger partial charge in [-0.1, -0.05) is 121 Å². The summed E-state index contributed by atoms with van der Waals surface area (Å²) >= 11 is 0. The Bertz CT molecular complexity index is 3080. The van der Waals surface area contributed by atoms with Gasteiger partial charge >= 0.3 is 0 Å². The van der Waals surface area contributed by atoms with Crippen LogP contribution in [0.25, 0.3) is 104 Å². The molecule has 0 spiro atoms. The van der Waals surface area contributed by atoms with E-state index in [1.165, 1.54) is 64.6 Å². The van der Waals surface area contributed by atoms with Gasteiger partial charge in [0.2, 0.25) is 0 Å². The molecule has 49 heavy (non-hydrogen) atoms. The molecule has 0 aliphatic rings. The van der Waals surface area contributed by atoms with Crippen molar-refractivity contribution in [3.8, 4) is 28.5 Å². The number of nitrogens with zero attached hydrogens (tertiary/aromatic N) is 4. The lowest BCUT2D eigenvalue weighted by atomic mass is 9.87. The molecule has 0 atom stereocenters. The fourth-order valence-corrected chi connectivity index (χ4v) is 8.07. The van der Waals surface area contributed by atoms with Gasteiger partial charge in [-0.3, -0.25) is 4.57 Å². The first-order chi connectivity index (χ1) is 24.3. The normalized spacial score (nSPS) is 12.1. The maximum absolute atomic E-state index is 5.01. The minimum atomic E-state index is 0.689. The molecule has 0 saturated carbocycles. The summed E-state index contributed by atoms with van der Waals surface area (Å²) in [5, 5.41) is 15.1. The fourth-order valence-electron chi connectivity index (χ4n) is 8.07. The van der Waals surface area contributed by atoms with E-state index < -0.39 is 0 Å². The van der Waals surface area contributed by atoms with Gasteiger partial charge in [0.15, 0.2) is 5.82 Å². The summed E-state index contributed by atoms with van der Waals surface area (Å²) in [4.78, 5) is 15.0. The smallest absolute Gasteiger partial charge is 0.159 e. The van der Waals surface area contributed by atoms with Crippen LogP contribution in [0.15, 0.2) is 158 Å². The van der Waals surface area contributed by atoms with Crippen LogP contribution >= 0.6 is 0 Å². The highest BCUT2D eigenvalue weighted by molar-refractivity contribution is 6.37. The molecule has 0 bridgehead atoms. The van der Waals surface area contributed by atoms with Gasteiger partial charge in [0.1, 0.15) is 5.82 Å². The maximum atomic E-state index is 5.01. The molecule has 11 rings (SSSR count). The molecule has 0 N–H and O–H groups in total. The van der Waals surface area contributed by atoms with Crippen molar-refractivity contribution in [1.82, 2.24) is 19.5 Å². The zero-order valence-corrected chi connectivity index (χ0v) is 26.3. The van der Waals surface area contributed by atoms with Gasteiger partial charge in [0, 0.05) is 11.1 Å². The molecule has 4 heteroatoms. The Hall–Kier alpha value is -6.65. The molecule has 0 aliphatic carbocycles. The number of rotatable bonds is 3. The third-order valence-corrected chi connectivity index (χ3v) is 10.2. The first-order valence-electron chi connectivity index (χ1n) is 16.6. The van der Waals surface area contributed by atoms with Crippen molar-refractivity contribution in [1.29, 1.82) is 0 Å². The van der Waals surface area contributed by atoms with E-state index in [-0.39, 0.29) is 0 Å². The Kier molecular flexibility index (Phi) is 5.35. The molecule has 11 aromatic rings. The first-order valence-corrected chi connectivity index (χ1v) is 16.6. The molecule has 226 valence electrons. The van der Waals surface area contributed by atoms with Crippen LogP contribution < -0.4 is 0 Å². The van der Waals surface area contributed by atoms with Crippen LogP contribution in [0.1, 0.15) is 0 Å². The van der Waals surface area contributed by atoms with E-state index >= 15 is 0 Å². The van der Waals surface area contributed by atoms with Crippen molar-refractivity contribution in [3.05, 3.63) is 158 Å². The zero-order chi connectivity index (χ0) is 32.1. The lowest BCUT2D eigenvalue weighted by Gasteiger charge is -2.16. The molecule has 0 radical (unpaired) electrons. The van der Waals surface area contributed by atoms with Crippen molar-refractivity contribution < 1.29 is 0 Å². The van der Waals surface area contributed by atoms with Gasteiger partial charge in [0.05, 0.1) is 29.1 Å². The van der Waals surface area contributed by atoms with E-state index in [9.17, 15) is 0 Å².